The maximum absolute atomic E-state index is 11.3. The largest absolute Gasteiger partial charge is 0.372 e. The van der Waals surface area contributed by atoms with Crippen LogP contribution in [0.15, 0.2) is 30.6 Å². The molecule has 0 aliphatic heterocycles. The van der Waals surface area contributed by atoms with Gasteiger partial charge in [0, 0.05) is 14.1 Å². The van der Waals surface area contributed by atoms with Gasteiger partial charge in [-0.2, -0.15) is 4.98 Å². The van der Waals surface area contributed by atoms with Crippen molar-refractivity contribution >= 4 is 33.5 Å². The van der Waals surface area contributed by atoms with Gasteiger partial charge in [-0.3, -0.25) is 19.4 Å². The second-order valence-electron chi connectivity index (χ2n) is 3.39. The molecule has 2 rings (SSSR count). The van der Waals surface area contributed by atoms with Gasteiger partial charge in [0.05, 0.1) is 4.47 Å². The van der Waals surface area contributed by atoms with E-state index in [1.807, 2.05) is 0 Å². The standard InChI is InChI=1S/C9H9BrN6O2S/c1-11-5-4(10)8(13-3-12-5)19-9-14-6(17)7(18)15-16(9)2/h3H,1-2H3,(H,15,18)(H,11,12,13). The van der Waals surface area contributed by atoms with E-state index in [4.69, 9.17) is 0 Å². The molecule has 2 heterocycles. The molecule has 2 aromatic rings. The van der Waals surface area contributed by atoms with Crippen LogP contribution in [0.1, 0.15) is 0 Å². The first-order valence-corrected chi connectivity index (χ1v) is 6.67. The fourth-order valence-corrected chi connectivity index (χ4v) is 2.65. The summed E-state index contributed by atoms with van der Waals surface area (Å²) >= 11 is 4.50. The van der Waals surface area contributed by atoms with Gasteiger partial charge >= 0.3 is 11.1 Å². The predicted molar refractivity (Wildman–Crippen MR) is 73.5 cm³/mol. The SMILES string of the molecule is CNc1ncnc(Sc2nc(=O)c(=O)[nH]n2C)c1Br. The summed E-state index contributed by atoms with van der Waals surface area (Å²) in [6.07, 6.45) is 1.39. The van der Waals surface area contributed by atoms with Crippen molar-refractivity contribution < 1.29 is 0 Å². The number of aryl methyl sites for hydroxylation is 1. The molecular formula is C9H9BrN6O2S. The second kappa shape index (κ2) is 5.53. The molecule has 2 aromatic heterocycles. The summed E-state index contributed by atoms with van der Waals surface area (Å²) in [5.41, 5.74) is -1.59. The van der Waals surface area contributed by atoms with Crippen LogP contribution in [0.3, 0.4) is 0 Å². The normalized spacial score (nSPS) is 10.5. The van der Waals surface area contributed by atoms with Crippen molar-refractivity contribution in [2.24, 2.45) is 7.05 Å². The molecule has 0 aliphatic carbocycles. The Morgan fingerprint density at radius 3 is 2.84 bits per heavy atom. The summed E-state index contributed by atoms with van der Waals surface area (Å²) in [5, 5.41) is 6.17. The fraction of sp³-hybridized carbons (Fsp3) is 0.222. The van der Waals surface area contributed by atoms with Gasteiger partial charge < -0.3 is 5.32 Å². The van der Waals surface area contributed by atoms with E-state index in [0.29, 0.717) is 20.5 Å². The van der Waals surface area contributed by atoms with Crippen LogP contribution in [0.25, 0.3) is 0 Å². The van der Waals surface area contributed by atoms with Crippen LogP contribution in [-0.4, -0.2) is 31.8 Å². The first-order valence-electron chi connectivity index (χ1n) is 5.06. The Balaban J connectivity index is 2.45. The molecule has 0 aliphatic rings. The van der Waals surface area contributed by atoms with Gasteiger partial charge in [0.25, 0.3) is 0 Å². The van der Waals surface area contributed by atoms with Crippen molar-refractivity contribution in [2.45, 2.75) is 10.2 Å². The van der Waals surface area contributed by atoms with Gasteiger partial charge in [-0.1, -0.05) is 0 Å². The van der Waals surface area contributed by atoms with E-state index in [1.165, 1.54) is 11.0 Å². The van der Waals surface area contributed by atoms with Crippen LogP contribution in [0.2, 0.25) is 0 Å². The van der Waals surface area contributed by atoms with E-state index in [2.05, 4.69) is 41.3 Å². The quantitative estimate of drug-likeness (QED) is 0.605. The Morgan fingerprint density at radius 1 is 1.42 bits per heavy atom. The zero-order valence-corrected chi connectivity index (χ0v) is 12.4. The molecule has 0 aromatic carbocycles. The summed E-state index contributed by atoms with van der Waals surface area (Å²) < 4.78 is 2.02. The fourth-order valence-electron chi connectivity index (χ4n) is 1.24. The number of halogens is 1. The van der Waals surface area contributed by atoms with Crippen molar-refractivity contribution in [3.8, 4) is 0 Å². The minimum Gasteiger partial charge on any atom is -0.372 e. The Morgan fingerprint density at radius 2 is 2.16 bits per heavy atom. The van der Waals surface area contributed by atoms with Crippen molar-refractivity contribution in [3.63, 3.8) is 0 Å². The molecule has 19 heavy (non-hydrogen) atoms. The Kier molecular flexibility index (Phi) is 4.00. The van der Waals surface area contributed by atoms with Gasteiger partial charge in [-0.05, 0) is 27.7 Å². The molecule has 0 radical (unpaired) electrons. The van der Waals surface area contributed by atoms with Crippen LogP contribution < -0.4 is 16.4 Å². The van der Waals surface area contributed by atoms with Gasteiger partial charge in [-0.15, -0.1) is 0 Å². The first-order chi connectivity index (χ1) is 9.02. The van der Waals surface area contributed by atoms with E-state index in [0.717, 1.165) is 11.8 Å². The lowest BCUT2D eigenvalue weighted by atomic mass is 10.6. The van der Waals surface area contributed by atoms with Crippen LogP contribution in [0.4, 0.5) is 5.82 Å². The lowest BCUT2D eigenvalue weighted by molar-refractivity contribution is 0.596. The summed E-state index contributed by atoms with van der Waals surface area (Å²) in [7, 11) is 3.32. The van der Waals surface area contributed by atoms with Crippen molar-refractivity contribution in [2.75, 3.05) is 12.4 Å². The summed E-state index contributed by atoms with van der Waals surface area (Å²) in [5.74, 6) is 0.618. The molecule has 0 unspecified atom stereocenters. The van der Waals surface area contributed by atoms with Crippen molar-refractivity contribution in [1.29, 1.82) is 0 Å². The first kappa shape index (κ1) is 13.7. The van der Waals surface area contributed by atoms with Crippen molar-refractivity contribution in [3.05, 3.63) is 31.5 Å². The average Bonchev–Trinajstić information content (AvgIpc) is 2.38. The number of hydrogen-bond donors (Lipinski definition) is 2. The van der Waals surface area contributed by atoms with Crippen LogP contribution in [0.5, 0.6) is 0 Å². The lowest BCUT2D eigenvalue weighted by Gasteiger charge is -2.08. The molecule has 0 atom stereocenters. The van der Waals surface area contributed by atoms with Gasteiger partial charge in [0.1, 0.15) is 17.2 Å². The lowest BCUT2D eigenvalue weighted by Crippen LogP contribution is -2.33. The molecule has 0 fully saturated rings. The third-order valence-electron chi connectivity index (χ3n) is 2.13. The van der Waals surface area contributed by atoms with Crippen LogP contribution in [0, 0.1) is 0 Å². The molecule has 8 nitrogen and oxygen atoms in total. The van der Waals surface area contributed by atoms with E-state index in [-0.39, 0.29) is 0 Å². The van der Waals surface area contributed by atoms with Gasteiger partial charge in [0.2, 0.25) is 0 Å². The maximum Gasteiger partial charge on any atom is 0.339 e. The van der Waals surface area contributed by atoms with E-state index in [1.54, 1.807) is 14.1 Å². The zero-order valence-electron chi connectivity index (χ0n) is 9.97. The zero-order chi connectivity index (χ0) is 14.0. The number of anilines is 1. The molecule has 100 valence electrons. The second-order valence-corrected chi connectivity index (χ2v) is 5.14. The minimum atomic E-state index is -0.834. The van der Waals surface area contributed by atoms with Crippen molar-refractivity contribution in [1.82, 2.24) is 24.7 Å². The Hall–Kier alpha value is -1.68. The van der Waals surface area contributed by atoms with E-state index < -0.39 is 11.1 Å². The monoisotopic (exact) mass is 344 g/mol. The van der Waals surface area contributed by atoms with Gasteiger partial charge in [-0.25, -0.2) is 9.97 Å². The van der Waals surface area contributed by atoms with Gasteiger partial charge in [0.15, 0.2) is 5.16 Å². The predicted octanol–water partition coefficient (Wildman–Crippen LogP) is 0.214. The molecule has 2 N–H and O–H groups in total. The smallest absolute Gasteiger partial charge is 0.339 e. The number of nitrogens with one attached hydrogen (secondary N) is 2. The molecule has 0 bridgehead atoms. The third-order valence-corrected chi connectivity index (χ3v) is 4.19. The highest BCUT2D eigenvalue weighted by Gasteiger charge is 2.12. The topological polar surface area (TPSA) is 106 Å². The molecule has 0 saturated carbocycles. The minimum absolute atomic E-state index is 0.325. The number of nitrogens with zero attached hydrogens (tertiary/aromatic N) is 4. The van der Waals surface area contributed by atoms with Crippen LogP contribution >= 0.6 is 27.7 Å². The van der Waals surface area contributed by atoms with E-state index >= 15 is 0 Å². The number of H-pyrrole nitrogens is 1. The molecule has 0 saturated heterocycles. The average molecular weight is 345 g/mol. The number of rotatable bonds is 3. The number of aromatic amines is 1. The summed E-state index contributed by atoms with van der Waals surface area (Å²) in [4.78, 5) is 34.2. The van der Waals surface area contributed by atoms with Crippen LogP contribution in [-0.2, 0) is 7.05 Å². The summed E-state index contributed by atoms with van der Waals surface area (Å²) in [6, 6.07) is 0. The van der Waals surface area contributed by atoms with E-state index in [9.17, 15) is 9.59 Å². The molecule has 0 amide bonds. The highest BCUT2D eigenvalue weighted by atomic mass is 79.9. The highest BCUT2D eigenvalue weighted by Crippen LogP contribution is 2.32. The molecule has 10 heteroatoms. The molecular weight excluding hydrogens is 336 g/mol. The molecule has 0 spiro atoms. The number of aromatic nitrogens is 5. The summed E-state index contributed by atoms with van der Waals surface area (Å²) in [6.45, 7) is 0. The number of hydrogen-bond acceptors (Lipinski definition) is 7. The maximum atomic E-state index is 11.3. The third kappa shape index (κ3) is 2.84. The Labute approximate surface area is 119 Å². The Bertz CT molecular complexity index is 727. The highest BCUT2D eigenvalue weighted by molar-refractivity contribution is 9.10.